The van der Waals surface area contributed by atoms with Crippen molar-refractivity contribution in [3.8, 4) is 0 Å². The minimum Gasteiger partial charge on any atom is -0.475 e. The fourth-order valence-corrected chi connectivity index (χ4v) is 2.23. The standard InChI is InChI=1S/C11H8Cl2O3/c1-2-6-7-3-5(12)4-8(13)9(7)16-10(6)11(14)15/h3-4H,2H2,1H3,(H,14,15). The number of aryl methyl sites for hydroxylation is 1. The molecule has 3 nitrogen and oxygen atoms in total. The lowest BCUT2D eigenvalue weighted by Gasteiger charge is -1.96. The van der Waals surface area contributed by atoms with Crippen LogP contribution in [0.15, 0.2) is 16.5 Å². The highest BCUT2D eigenvalue weighted by Gasteiger charge is 2.20. The number of furan rings is 1. The molecule has 0 spiro atoms. The maximum absolute atomic E-state index is 11.0. The summed E-state index contributed by atoms with van der Waals surface area (Å²) in [6.45, 7) is 1.85. The van der Waals surface area contributed by atoms with Crippen molar-refractivity contribution in [1.82, 2.24) is 0 Å². The van der Waals surface area contributed by atoms with Crippen molar-refractivity contribution in [2.45, 2.75) is 13.3 Å². The number of carboxylic acids is 1. The lowest BCUT2D eigenvalue weighted by atomic mass is 10.1. The van der Waals surface area contributed by atoms with Gasteiger partial charge in [0, 0.05) is 16.0 Å². The Labute approximate surface area is 102 Å². The summed E-state index contributed by atoms with van der Waals surface area (Å²) in [5.41, 5.74) is 0.993. The van der Waals surface area contributed by atoms with Crippen LogP contribution >= 0.6 is 23.2 Å². The number of hydrogen-bond acceptors (Lipinski definition) is 2. The lowest BCUT2D eigenvalue weighted by Crippen LogP contribution is -1.97. The smallest absolute Gasteiger partial charge is 0.372 e. The number of carbonyl (C=O) groups is 1. The van der Waals surface area contributed by atoms with Crippen LogP contribution in [-0.4, -0.2) is 11.1 Å². The third-order valence-electron chi connectivity index (χ3n) is 2.36. The van der Waals surface area contributed by atoms with Gasteiger partial charge < -0.3 is 9.52 Å². The first kappa shape index (κ1) is 11.3. The van der Waals surface area contributed by atoms with E-state index in [0.29, 0.717) is 33.0 Å². The largest absolute Gasteiger partial charge is 0.475 e. The molecule has 0 aliphatic carbocycles. The second-order valence-corrected chi connectivity index (χ2v) is 4.18. The number of halogens is 2. The molecule has 1 N–H and O–H groups in total. The fourth-order valence-electron chi connectivity index (χ4n) is 1.70. The monoisotopic (exact) mass is 258 g/mol. The van der Waals surface area contributed by atoms with E-state index in [-0.39, 0.29) is 5.76 Å². The Bertz CT molecular complexity index is 572. The molecule has 1 heterocycles. The third kappa shape index (κ3) is 1.66. The summed E-state index contributed by atoms with van der Waals surface area (Å²) in [7, 11) is 0. The van der Waals surface area contributed by atoms with E-state index in [9.17, 15) is 4.79 Å². The summed E-state index contributed by atoms with van der Waals surface area (Å²) >= 11 is 11.8. The minimum absolute atomic E-state index is 0.0679. The fraction of sp³-hybridized carbons (Fsp3) is 0.182. The van der Waals surface area contributed by atoms with Crippen molar-refractivity contribution >= 4 is 40.1 Å². The van der Waals surface area contributed by atoms with Gasteiger partial charge in [0.2, 0.25) is 5.76 Å². The van der Waals surface area contributed by atoms with Gasteiger partial charge in [-0.3, -0.25) is 0 Å². The zero-order valence-corrected chi connectivity index (χ0v) is 9.89. The Balaban J connectivity index is 2.87. The molecule has 0 bridgehead atoms. The Morgan fingerprint density at radius 1 is 1.44 bits per heavy atom. The molecule has 0 radical (unpaired) electrons. The molecule has 2 rings (SSSR count). The van der Waals surface area contributed by atoms with E-state index >= 15 is 0 Å². The quantitative estimate of drug-likeness (QED) is 0.886. The second-order valence-electron chi connectivity index (χ2n) is 3.33. The van der Waals surface area contributed by atoms with E-state index in [0.717, 1.165) is 0 Å². The minimum atomic E-state index is -1.10. The van der Waals surface area contributed by atoms with Gasteiger partial charge in [-0.15, -0.1) is 0 Å². The molecule has 0 saturated carbocycles. The molecular weight excluding hydrogens is 251 g/mol. The van der Waals surface area contributed by atoms with E-state index in [4.69, 9.17) is 32.7 Å². The van der Waals surface area contributed by atoms with Crippen LogP contribution in [0.5, 0.6) is 0 Å². The molecule has 84 valence electrons. The summed E-state index contributed by atoms with van der Waals surface area (Å²) in [6.07, 6.45) is 0.547. The highest BCUT2D eigenvalue weighted by atomic mass is 35.5. The predicted octanol–water partition coefficient (Wildman–Crippen LogP) is 4.00. The molecule has 1 aromatic carbocycles. The van der Waals surface area contributed by atoms with Gasteiger partial charge in [0.1, 0.15) is 0 Å². The zero-order chi connectivity index (χ0) is 11.9. The molecule has 0 saturated heterocycles. The van der Waals surface area contributed by atoms with Crippen LogP contribution in [0.25, 0.3) is 11.0 Å². The Morgan fingerprint density at radius 2 is 2.12 bits per heavy atom. The van der Waals surface area contributed by atoms with Gasteiger partial charge in [-0.1, -0.05) is 30.1 Å². The Hall–Kier alpha value is -1.19. The van der Waals surface area contributed by atoms with Crippen LogP contribution in [0.3, 0.4) is 0 Å². The Morgan fingerprint density at radius 3 is 2.69 bits per heavy atom. The van der Waals surface area contributed by atoms with Gasteiger partial charge in [-0.05, 0) is 18.6 Å². The summed E-state index contributed by atoms with van der Waals surface area (Å²) in [5, 5.41) is 10.4. The third-order valence-corrected chi connectivity index (χ3v) is 2.86. The molecule has 0 fully saturated rings. The first-order valence-electron chi connectivity index (χ1n) is 4.68. The molecule has 2 aromatic rings. The number of carboxylic acid groups (broad SMARTS) is 1. The van der Waals surface area contributed by atoms with Crippen LogP contribution in [0.4, 0.5) is 0 Å². The molecule has 0 aliphatic rings. The maximum atomic E-state index is 11.0. The van der Waals surface area contributed by atoms with Gasteiger partial charge in [0.05, 0.1) is 5.02 Å². The van der Waals surface area contributed by atoms with Crippen LogP contribution in [0.2, 0.25) is 10.0 Å². The second kappa shape index (κ2) is 4.00. The van der Waals surface area contributed by atoms with E-state index < -0.39 is 5.97 Å². The zero-order valence-electron chi connectivity index (χ0n) is 8.38. The van der Waals surface area contributed by atoms with Crippen molar-refractivity contribution in [3.63, 3.8) is 0 Å². The number of benzene rings is 1. The number of hydrogen-bond donors (Lipinski definition) is 1. The van der Waals surface area contributed by atoms with Crippen LogP contribution in [0.1, 0.15) is 23.0 Å². The van der Waals surface area contributed by atoms with Gasteiger partial charge in [0.25, 0.3) is 0 Å². The van der Waals surface area contributed by atoms with E-state index in [1.807, 2.05) is 6.92 Å². The van der Waals surface area contributed by atoms with Crippen LogP contribution in [-0.2, 0) is 6.42 Å². The molecule has 0 amide bonds. The topological polar surface area (TPSA) is 50.4 Å². The number of rotatable bonds is 2. The summed E-state index contributed by atoms with van der Waals surface area (Å²) < 4.78 is 5.25. The highest BCUT2D eigenvalue weighted by Crippen LogP contribution is 2.34. The number of aromatic carboxylic acids is 1. The van der Waals surface area contributed by atoms with Crippen molar-refractivity contribution in [1.29, 1.82) is 0 Å². The van der Waals surface area contributed by atoms with Crippen LogP contribution < -0.4 is 0 Å². The first-order chi connectivity index (χ1) is 7.54. The van der Waals surface area contributed by atoms with Crippen molar-refractivity contribution < 1.29 is 14.3 Å². The van der Waals surface area contributed by atoms with Crippen LogP contribution in [0, 0.1) is 0 Å². The maximum Gasteiger partial charge on any atom is 0.372 e. The van der Waals surface area contributed by atoms with Gasteiger partial charge >= 0.3 is 5.97 Å². The normalized spacial score (nSPS) is 10.9. The average Bonchev–Trinajstić information content (AvgIpc) is 2.56. The van der Waals surface area contributed by atoms with Gasteiger partial charge in [-0.25, -0.2) is 4.79 Å². The molecule has 1 aromatic heterocycles. The summed E-state index contributed by atoms with van der Waals surface area (Å²) in [4.78, 5) is 11.0. The van der Waals surface area contributed by atoms with E-state index in [1.54, 1.807) is 6.07 Å². The lowest BCUT2D eigenvalue weighted by molar-refractivity contribution is 0.0663. The molecule has 0 aliphatic heterocycles. The Kier molecular flexibility index (Phi) is 2.82. The molecule has 16 heavy (non-hydrogen) atoms. The van der Waals surface area contributed by atoms with E-state index in [1.165, 1.54) is 6.07 Å². The highest BCUT2D eigenvalue weighted by molar-refractivity contribution is 6.38. The average molecular weight is 259 g/mol. The molecule has 5 heteroatoms. The van der Waals surface area contributed by atoms with Crippen molar-refractivity contribution in [2.24, 2.45) is 0 Å². The number of fused-ring (bicyclic) bond motifs is 1. The van der Waals surface area contributed by atoms with E-state index in [2.05, 4.69) is 0 Å². The van der Waals surface area contributed by atoms with Gasteiger partial charge in [-0.2, -0.15) is 0 Å². The first-order valence-corrected chi connectivity index (χ1v) is 5.44. The van der Waals surface area contributed by atoms with Gasteiger partial charge in [0.15, 0.2) is 5.58 Å². The molecule has 0 unspecified atom stereocenters. The molecular formula is C11H8Cl2O3. The molecule has 0 atom stereocenters. The summed E-state index contributed by atoms with van der Waals surface area (Å²) in [6, 6.07) is 3.19. The predicted molar refractivity (Wildman–Crippen MR) is 62.6 cm³/mol. The summed E-state index contributed by atoms with van der Waals surface area (Å²) in [5.74, 6) is -1.16. The van der Waals surface area contributed by atoms with Crippen molar-refractivity contribution in [3.05, 3.63) is 33.5 Å². The SMILES string of the molecule is CCc1c(C(=O)O)oc2c(Cl)cc(Cl)cc12. The van der Waals surface area contributed by atoms with Crippen molar-refractivity contribution in [2.75, 3.05) is 0 Å².